The maximum absolute atomic E-state index is 11.8. The van der Waals surface area contributed by atoms with Crippen LogP contribution in [0.25, 0.3) is 0 Å². The first-order chi connectivity index (χ1) is 7.02. The summed E-state index contributed by atoms with van der Waals surface area (Å²) in [6.07, 6.45) is 0.831. The zero-order valence-electron chi connectivity index (χ0n) is 10.2. The number of carbonyl (C=O) groups excluding carboxylic acids is 1. The quantitative estimate of drug-likeness (QED) is 0.660. The maximum Gasteiger partial charge on any atom is 0.224 e. The molecule has 0 aliphatic rings. The van der Waals surface area contributed by atoms with Crippen molar-refractivity contribution in [3.8, 4) is 0 Å². The number of ether oxygens (including phenoxy) is 1. The zero-order chi connectivity index (χ0) is 11.8. The van der Waals surface area contributed by atoms with Gasteiger partial charge in [0.25, 0.3) is 0 Å². The standard InChI is InChI=1S/C11H24N2O2/c1-8(2)10(7-12)11(14)13-9(3)5-6-15-4/h8-10H,5-7,12H2,1-4H3,(H,13,14). The largest absolute Gasteiger partial charge is 0.385 e. The van der Waals surface area contributed by atoms with Crippen LogP contribution in [-0.4, -0.2) is 32.2 Å². The van der Waals surface area contributed by atoms with Crippen molar-refractivity contribution < 1.29 is 9.53 Å². The highest BCUT2D eigenvalue weighted by molar-refractivity contribution is 5.79. The Kier molecular flexibility index (Phi) is 7.34. The summed E-state index contributed by atoms with van der Waals surface area (Å²) in [5.41, 5.74) is 5.56. The molecule has 0 aromatic heterocycles. The summed E-state index contributed by atoms with van der Waals surface area (Å²) in [7, 11) is 1.66. The number of rotatable bonds is 7. The van der Waals surface area contributed by atoms with Crippen LogP contribution in [0.2, 0.25) is 0 Å². The van der Waals surface area contributed by atoms with Gasteiger partial charge in [0.05, 0.1) is 5.92 Å². The first kappa shape index (κ1) is 14.4. The molecule has 2 unspecified atom stereocenters. The van der Waals surface area contributed by atoms with Gasteiger partial charge in [0.1, 0.15) is 0 Å². The van der Waals surface area contributed by atoms with Gasteiger partial charge in [-0.1, -0.05) is 13.8 Å². The summed E-state index contributed by atoms with van der Waals surface area (Å²) in [6, 6.07) is 0.144. The summed E-state index contributed by atoms with van der Waals surface area (Å²) in [5, 5.41) is 2.95. The fourth-order valence-corrected chi connectivity index (χ4v) is 1.40. The number of carbonyl (C=O) groups is 1. The van der Waals surface area contributed by atoms with Crippen molar-refractivity contribution in [2.24, 2.45) is 17.6 Å². The van der Waals surface area contributed by atoms with Gasteiger partial charge in [-0.15, -0.1) is 0 Å². The van der Waals surface area contributed by atoms with E-state index < -0.39 is 0 Å². The van der Waals surface area contributed by atoms with Gasteiger partial charge in [0, 0.05) is 26.3 Å². The average Bonchev–Trinajstić information content (AvgIpc) is 2.15. The second-order valence-corrected chi connectivity index (χ2v) is 4.28. The second kappa shape index (κ2) is 7.65. The lowest BCUT2D eigenvalue weighted by atomic mass is 9.95. The topological polar surface area (TPSA) is 64.3 Å². The van der Waals surface area contributed by atoms with Crippen LogP contribution in [0.1, 0.15) is 27.2 Å². The molecule has 0 aliphatic carbocycles. The molecular formula is C11H24N2O2. The summed E-state index contributed by atoms with van der Waals surface area (Å²) in [4.78, 5) is 11.8. The number of hydrogen-bond acceptors (Lipinski definition) is 3. The third-order valence-corrected chi connectivity index (χ3v) is 2.54. The van der Waals surface area contributed by atoms with E-state index in [1.54, 1.807) is 7.11 Å². The number of nitrogens with two attached hydrogens (primary N) is 1. The molecule has 0 rings (SSSR count). The smallest absolute Gasteiger partial charge is 0.224 e. The van der Waals surface area contributed by atoms with Crippen molar-refractivity contribution in [3.05, 3.63) is 0 Å². The zero-order valence-corrected chi connectivity index (χ0v) is 10.2. The summed E-state index contributed by atoms with van der Waals surface area (Å²) < 4.78 is 4.95. The van der Waals surface area contributed by atoms with Crippen molar-refractivity contribution in [2.45, 2.75) is 33.2 Å². The normalized spacial score (nSPS) is 15.1. The summed E-state index contributed by atoms with van der Waals surface area (Å²) >= 11 is 0. The van der Waals surface area contributed by atoms with Gasteiger partial charge in [0.15, 0.2) is 0 Å². The predicted molar refractivity (Wildman–Crippen MR) is 61.5 cm³/mol. The second-order valence-electron chi connectivity index (χ2n) is 4.28. The summed E-state index contributed by atoms with van der Waals surface area (Å²) in [5.74, 6) is 0.246. The van der Waals surface area contributed by atoms with Gasteiger partial charge in [0.2, 0.25) is 5.91 Å². The Morgan fingerprint density at radius 3 is 2.40 bits per heavy atom. The molecule has 0 aromatic rings. The van der Waals surface area contributed by atoms with E-state index in [9.17, 15) is 4.79 Å². The molecule has 0 saturated carbocycles. The number of nitrogens with one attached hydrogen (secondary N) is 1. The number of hydrogen-bond donors (Lipinski definition) is 2. The highest BCUT2D eigenvalue weighted by atomic mass is 16.5. The molecule has 0 aromatic carbocycles. The molecule has 0 bridgehead atoms. The third-order valence-electron chi connectivity index (χ3n) is 2.54. The Hall–Kier alpha value is -0.610. The third kappa shape index (κ3) is 5.74. The lowest BCUT2D eigenvalue weighted by Crippen LogP contribution is -2.42. The van der Waals surface area contributed by atoms with E-state index in [2.05, 4.69) is 5.32 Å². The minimum Gasteiger partial charge on any atom is -0.385 e. The first-order valence-electron chi connectivity index (χ1n) is 5.52. The number of methoxy groups -OCH3 is 1. The fraction of sp³-hybridized carbons (Fsp3) is 0.909. The molecule has 0 aliphatic heterocycles. The van der Waals surface area contributed by atoms with Crippen LogP contribution < -0.4 is 11.1 Å². The molecule has 3 N–H and O–H groups in total. The molecule has 0 fully saturated rings. The molecular weight excluding hydrogens is 192 g/mol. The van der Waals surface area contributed by atoms with E-state index >= 15 is 0 Å². The Morgan fingerprint density at radius 2 is 2.00 bits per heavy atom. The van der Waals surface area contributed by atoms with Crippen molar-refractivity contribution in [3.63, 3.8) is 0 Å². The molecule has 4 heteroatoms. The van der Waals surface area contributed by atoms with Crippen LogP contribution in [0, 0.1) is 11.8 Å². The van der Waals surface area contributed by atoms with Gasteiger partial charge in [-0.25, -0.2) is 0 Å². The molecule has 0 spiro atoms. The molecule has 90 valence electrons. The minimum atomic E-state index is -0.0880. The Bertz CT molecular complexity index is 183. The van der Waals surface area contributed by atoms with Crippen molar-refractivity contribution in [1.82, 2.24) is 5.32 Å². The van der Waals surface area contributed by atoms with Crippen LogP contribution >= 0.6 is 0 Å². The monoisotopic (exact) mass is 216 g/mol. The Morgan fingerprint density at radius 1 is 1.40 bits per heavy atom. The van der Waals surface area contributed by atoms with Crippen molar-refractivity contribution in [2.75, 3.05) is 20.3 Å². The fourth-order valence-electron chi connectivity index (χ4n) is 1.40. The molecule has 4 nitrogen and oxygen atoms in total. The van der Waals surface area contributed by atoms with E-state index in [4.69, 9.17) is 10.5 Å². The minimum absolute atomic E-state index is 0.0519. The van der Waals surface area contributed by atoms with Gasteiger partial charge in [-0.05, 0) is 19.3 Å². The Balaban J connectivity index is 3.98. The SMILES string of the molecule is COCCC(C)NC(=O)C(CN)C(C)C. The average molecular weight is 216 g/mol. The van der Waals surface area contributed by atoms with E-state index in [-0.39, 0.29) is 23.8 Å². The molecule has 0 radical (unpaired) electrons. The first-order valence-corrected chi connectivity index (χ1v) is 5.52. The van der Waals surface area contributed by atoms with Crippen molar-refractivity contribution >= 4 is 5.91 Å². The maximum atomic E-state index is 11.8. The van der Waals surface area contributed by atoms with E-state index in [0.29, 0.717) is 13.2 Å². The van der Waals surface area contributed by atoms with Gasteiger partial charge < -0.3 is 15.8 Å². The molecule has 0 heterocycles. The van der Waals surface area contributed by atoms with Crippen LogP contribution in [0.5, 0.6) is 0 Å². The summed E-state index contributed by atoms with van der Waals surface area (Å²) in [6.45, 7) is 7.07. The van der Waals surface area contributed by atoms with Gasteiger partial charge >= 0.3 is 0 Å². The predicted octanol–water partition coefficient (Wildman–Crippen LogP) is 0.759. The molecule has 1 amide bonds. The van der Waals surface area contributed by atoms with Crippen LogP contribution in [-0.2, 0) is 9.53 Å². The number of amides is 1. The highest BCUT2D eigenvalue weighted by Gasteiger charge is 2.21. The van der Waals surface area contributed by atoms with E-state index in [0.717, 1.165) is 6.42 Å². The lowest BCUT2D eigenvalue weighted by Gasteiger charge is -2.21. The van der Waals surface area contributed by atoms with Crippen LogP contribution in [0.4, 0.5) is 0 Å². The molecule has 2 atom stereocenters. The Labute approximate surface area is 92.6 Å². The van der Waals surface area contributed by atoms with Crippen LogP contribution in [0.3, 0.4) is 0 Å². The molecule has 15 heavy (non-hydrogen) atoms. The van der Waals surface area contributed by atoms with E-state index in [1.807, 2.05) is 20.8 Å². The van der Waals surface area contributed by atoms with Gasteiger partial charge in [-0.2, -0.15) is 0 Å². The highest BCUT2D eigenvalue weighted by Crippen LogP contribution is 2.09. The van der Waals surface area contributed by atoms with Crippen LogP contribution in [0.15, 0.2) is 0 Å². The molecule has 0 saturated heterocycles. The lowest BCUT2D eigenvalue weighted by molar-refractivity contribution is -0.126. The van der Waals surface area contributed by atoms with Crippen molar-refractivity contribution in [1.29, 1.82) is 0 Å². The van der Waals surface area contributed by atoms with Gasteiger partial charge in [-0.3, -0.25) is 4.79 Å². The van der Waals surface area contributed by atoms with E-state index in [1.165, 1.54) is 0 Å².